The van der Waals surface area contributed by atoms with E-state index in [1.165, 1.54) is 55.6 Å². The number of unbranched alkanes of at least 4 members (excludes halogenated alkanes) is 2. The van der Waals surface area contributed by atoms with E-state index in [1.807, 2.05) is 0 Å². The third-order valence-corrected chi connectivity index (χ3v) is 7.84. The van der Waals surface area contributed by atoms with Crippen molar-refractivity contribution in [3.05, 3.63) is 106 Å². The minimum atomic E-state index is 0.894. The van der Waals surface area contributed by atoms with Crippen molar-refractivity contribution < 1.29 is 9.78 Å². The summed E-state index contributed by atoms with van der Waals surface area (Å²) in [5.41, 5.74) is 12.9. The van der Waals surface area contributed by atoms with E-state index in [9.17, 15) is 0 Å². The van der Waals surface area contributed by atoms with Crippen molar-refractivity contribution in [2.75, 3.05) is 0 Å². The molecule has 0 atom stereocenters. The van der Waals surface area contributed by atoms with Crippen LogP contribution in [-0.4, -0.2) is 0 Å². The molecule has 0 unspecified atom stereocenters. The van der Waals surface area contributed by atoms with Gasteiger partial charge in [-0.3, -0.25) is 9.78 Å². The number of rotatable bonds is 9. The summed E-state index contributed by atoms with van der Waals surface area (Å²) >= 11 is 0. The van der Waals surface area contributed by atoms with Crippen LogP contribution in [0.25, 0.3) is 22.3 Å². The monoisotopic (exact) mass is 474 g/mol. The van der Waals surface area contributed by atoms with Crippen LogP contribution in [0.15, 0.2) is 72.8 Å². The normalized spacial score (nSPS) is 12.6. The van der Waals surface area contributed by atoms with Crippen LogP contribution in [0.2, 0.25) is 0 Å². The first-order valence-corrected chi connectivity index (χ1v) is 13.6. The van der Waals surface area contributed by atoms with Gasteiger partial charge in [0.2, 0.25) is 0 Å². The van der Waals surface area contributed by atoms with E-state index in [0.717, 1.165) is 62.9 Å². The van der Waals surface area contributed by atoms with Crippen molar-refractivity contribution in [1.29, 1.82) is 0 Å². The lowest BCUT2D eigenvalue weighted by atomic mass is 9.99. The molecule has 0 spiro atoms. The van der Waals surface area contributed by atoms with E-state index in [4.69, 9.17) is 9.78 Å². The number of fused-ring (bicyclic) bond motifs is 6. The lowest BCUT2D eigenvalue weighted by Crippen LogP contribution is -2.09. The van der Waals surface area contributed by atoms with E-state index in [2.05, 4.69) is 86.6 Å². The third kappa shape index (κ3) is 3.99. The molecule has 0 saturated carbocycles. The topological polar surface area (TPSA) is 18.5 Å². The predicted octanol–water partition coefficient (Wildman–Crippen LogP) is 8.89. The predicted molar refractivity (Wildman–Crippen MR) is 148 cm³/mol. The molecule has 182 valence electrons. The summed E-state index contributed by atoms with van der Waals surface area (Å²) in [7, 11) is 0. The molecule has 4 aromatic carbocycles. The van der Waals surface area contributed by atoms with Gasteiger partial charge >= 0.3 is 0 Å². The summed E-state index contributed by atoms with van der Waals surface area (Å²) in [4.78, 5) is 12.9. The molecule has 2 aliphatic rings. The molecular formula is C34H34O2. The summed E-state index contributed by atoms with van der Waals surface area (Å²) < 4.78 is 0. The molecule has 0 saturated heterocycles. The molecule has 0 radical (unpaired) electrons. The van der Waals surface area contributed by atoms with Gasteiger partial charge in [-0.1, -0.05) is 99.5 Å². The van der Waals surface area contributed by atoms with E-state index in [0.29, 0.717) is 0 Å². The Morgan fingerprint density at radius 2 is 0.972 bits per heavy atom. The van der Waals surface area contributed by atoms with Crippen LogP contribution in [0.3, 0.4) is 0 Å². The zero-order valence-corrected chi connectivity index (χ0v) is 21.4. The number of hydrogen-bond donors (Lipinski definition) is 0. The second-order valence-electron chi connectivity index (χ2n) is 10.2. The molecule has 36 heavy (non-hydrogen) atoms. The van der Waals surface area contributed by atoms with E-state index in [-0.39, 0.29) is 0 Å². The Morgan fingerprint density at radius 3 is 1.42 bits per heavy atom. The zero-order chi connectivity index (χ0) is 24.5. The lowest BCUT2D eigenvalue weighted by Gasteiger charge is -2.18. The fourth-order valence-corrected chi connectivity index (χ4v) is 5.88. The van der Waals surface area contributed by atoms with Gasteiger partial charge in [0.05, 0.1) is 0 Å². The van der Waals surface area contributed by atoms with Crippen LogP contribution in [0, 0.1) is 0 Å². The van der Waals surface area contributed by atoms with Crippen molar-refractivity contribution in [3.63, 3.8) is 0 Å². The molecular weight excluding hydrogens is 440 g/mol. The Labute approximate surface area is 214 Å². The minimum Gasteiger partial charge on any atom is -0.289 e. The van der Waals surface area contributed by atoms with Crippen LogP contribution >= 0.6 is 0 Å². The van der Waals surface area contributed by atoms with Crippen molar-refractivity contribution in [3.8, 4) is 33.8 Å². The van der Waals surface area contributed by atoms with Gasteiger partial charge < -0.3 is 0 Å². The average Bonchev–Trinajstić information content (AvgIpc) is 3.48. The smallest absolute Gasteiger partial charge is 0.185 e. The maximum Gasteiger partial charge on any atom is 0.185 e. The number of benzene rings is 4. The summed E-state index contributed by atoms with van der Waals surface area (Å²) in [6.07, 6.45) is 8.38. The van der Waals surface area contributed by atoms with Crippen LogP contribution < -0.4 is 9.78 Å². The van der Waals surface area contributed by atoms with Crippen molar-refractivity contribution >= 4 is 0 Å². The van der Waals surface area contributed by atoms with Gasteiger partial charge in [-0.05, 0) is 70.2 Å². The molecule has 0 amide bonds. The fourth-order valence-electron chi connectivity index (χ4n) is 5.88. The summed E-state index contributed by atoms with van der Waals surface area (Å²) in [5, 5.41) is 0. The molecule has 0 heterocycles. The molecule has 2 nitrogen and oxygen atoms in total. The molecule has 6 rings (SSSR count). The first kappa shape index (κ1) is 22.9. The summed E-state index contributed by atoms with van der Waals surface area (Å²) in [6, 6.07) is 26.5. The van der Waals surface area contributed by atoms with Crippen LogP contribution in [-0.2, 0) is 25.7 Å². The van der Waals surface area contributed by atoms with Crippen LogP contribution in [0.5, 0.6) is 11.5 Å². The van der Waals surface area contributed by atoms with Gasteiger partial charge in [0.25, 0.3) is 0 Å². The summed E-state index contributed by atoms with van der Waals surface area (Å²) in [5.74, 6) is 1.85. The molecule has 0 bridgehead atoms. The van der Waals surface area contributed by atoms with Gasteiger partial charge in [0, 0.05) is 24.0 Å². The number of aryl methyl sites for hydroxylation is 2. The SMILES string of the molecule is CCCCc1ccc2c(c1OOc1c(CCCC)ccc3c1Cc1ccccc1-3)Cc1ccccc1-2. The van der Waals surface area contributed by atoms with Crippen LogP contribution in [0.4, 0.5) is 0 Å². The highest BCUT2D eigenvalue weighted by atomic mass is 17.2. The highest BCUT2D eigenvalue weighted by Gasteiger charge is 2.27. The Balaban J connectivity index is 1.39. The quantitative estimate of drug-likeness (QED) is 0.154. The number of hydrogen-bond acceptors (Lipinski definition) is 2. The molecule has 0 fully saturated rings. The highest BCUT2D eigenvalue weighted by Crippen LogP contribution is 2.46. The van der Waals surface area contributed by atoms with E-state index < -0.39 is 0 Å². The van der Waals surface area contributed by atoms with Crippen molar-refractivity contribution in [1.82, 2.24) is 0 Å². The first-order valence-electron chi connectivity index (χ1n) is 13.6. The van der Waals surface area contributed by atoms with Crippen LogP contribution in [0.1, 0.15) is 72.9 Å². The van der Waals surface area contributed by atoms with Gasteiger partial charge in [-0.15, -0.1) is 0 Å². The maximum atomic E-state index is 6.44. The summed E-state index contributed by atoms with van der Waals surface area (Å²) in [6.45, 7) is 4.48. The van der Waals surface area contributed by atoms with Gasteiger partial charge in [-0.2, -0.15) is 0 Å². The Kier molecular flexibility index (Phi) is 6.27. The van der Waals surface area contributed by atoms with Gasteiger partial charge in [0.15, 0.2) is 11.5 Å². The third-order valence-electron chi connectivity index (χ3n) is 7.84. The Morgan fingerprint density at radius 1 is 0.528 bits per heavy atom. The largest absolute Gasteiger partial charge is 0.289 e. The fraction of sp³-hybridized carbons (Fsp3) is 0.294. The second kappa shape index (κ2) is 9.85. The molecule has 2 aliphatic carbocycles. The maximum absolute atomic E-state index is 6.44. The molecule has 0 N–H and O–H groups in total. The second-order valence-corrected chi connectivity index (χ2v) is 10.2. The van der Waals surface area contributed by atoms with E-state index >= 15 is 0 Å². The van der Waals surface area contributed by atoms with Crippen molar-refractivity contribution in [2.45, 2.75) is 65.2 Å². The minimum absolute atomic E-state index is 0.894. The Bertz CT molecular complexity index is 1310. The molecule has 0 aliphatic heterocycles. The van der Waals surface area contributed by atoms with Gasteiger partial charge in [0.1, 0.15) is 0 Å². The standard InChI is InChI=1S/C34H34O2/c1-3-5-11-23-17-19-29-27-15-9-7-13-25(27)21-31(29)33(23)35-36-34-24(12-6-4-2)18-20-30-28-16-10-8-14-26(28)22-32(30)34/h7-10,13-20H,3-6,11-12,21-22H2,1-2H3. The average molecular weight is 475 g/mol. The van der Waals surface area contributed by atoms with Gasteiger partial charge in [-0.25, -0.2) is 0 Å². The lowest BCUT2D eigenvalue weighted by molar-refractivity contribution is -0.103. The molecule has 4 aromatic rings. The Hall–Kier alpha value is -3.52. The highest BCUT2D eigenvalue weighted by molar-refractivity contribution is 5.81. The van der Waals surface area contributed by atoms with Crippen molar-refractivity contribution in [2.24, 2.45) is 0 Å². The molecule has 0 aromatic heterocycles. The first-order chi connectivity index (χ1) is 17.8. The van der Waals surface area contributed by atoms with E-state index in [1.54, 1.807) is 0 Å². The molecule has 2 heteroatoms. The zero-order valence-electron chi connectivity index (χ0n) is 21.4.